The summed E-state index contributed by atoms with van der Waals surface area (Å²) in [5.74, 6) is -0.0398. The highest BCUT2D eigenvalue weighted by molar-refractivity contribution is 5.76. The summed E-state index contributed by atoms with van der Waals surface area (Å²) in [6.45, 7) is 4.97. The van der Waals surface area contributed by atoms with Crippen LogP contribution in [0, 0.1) is 0 Å². The number of hydrogen-bond acceptors (Lipinski definition) is 5. The molecule has 0 aliphatic carbocycles. The van der Waals surface area contributed by atoms with E-state index in [-0.39, 0.29) is 18.5 Å². The first kappa shape index (κ1) is 68.6. The second kappa shape index (κ2) is 60.2. The summed E-state index contributed by atoms with van der Waals surface area (Å²) >= 11 is 0. The summed E-state index contributed by atoms with van der Waals surface area (Å²) in [6.07, 6.45) is 72.2. The molecule has 0 fully saturated rings. The summed E-state index contributed by atoms with van der Waals surface area (Å²) < 4.78 is 5.49. The molecule has 0 heterocycles. The van der Waals surface area contributed by atoms with E-state index in [1.165, 1.54) is 276 Å². The fraction of sp³-hybridized carbons (Fsp3) is 0.938. The van der Waals surface area contributed by atoms with Gasteiger partial charge in [-0.25, -0.2) is 0 Å². The molecule has 0 aromatic rings. The lowest BCUT2D eigenvalue weighted by Crippen LogP contribution is -2.45. The molecule has 0 aliphatic heterocycles. The smallest absolute Gasteiger partial charge is 0.305 e. The third-order valence-electron chi connectivity index (χ3n) is 15.1. The average Bonchev–Trinajstić information content (AvgIpc) is 3.36. The van der Waals surface area contributed by atoms with Gasteiger partial charge in [0.1, 0.15) is 0 Å². The van der Waals surface area contributed by atoms with Gasteiger partial charge in [-0.1, -0.05) is 309 Å². The highest BCUT2D eigenvalue weighted by Gasteiger charge is 2.20. The van der Waals surface area contributed by atoms with Crippen LogP contribution < -0.4 is 5.32 Å². The Morgan fingerprint density at radius 3 is 1.01 bits per heavy atom. The minimum Gasteiger partial charge on any atom is -0.466 e. The molecule has 0 rings (SSSR count). The Bertz CT molecular complexity index is 1050. The molecule has 0 saturated carbocycles. The zero-order valence-corrected chi connectivity index (χ0v) is 47.5. The first-order valence-corrected chi connectivity index (χ1v) is 31.9. The van der Waals surface area contributed by atoms with Crippen molar-refractivity contribution in [1.29, 1.82) is 0 Å². The molecule has 6 nitrogen and oxygen atoms in total. The highest BCUT2D eigenvalue weighted by atomic mass is 16.5. The summed E-state index contributed by atoms with van der Waals surface area (Å²) in [6, 6.07) is -0.550. The van der Waals surface area contributed by atoms with Crippen molar-refractivity contribution in [2.75, 3.05) is 13.2 Å². The lowest BCUT2D eigenvalue weighted by atomic mass is 10.0. The number of carbonyl (C=O) groups excluding carboxylic acids is 2. The molecule has 70 heavy (non-hydrogen) atoms. The summed E-state index contributed by atoms with van der Waals surface area (Å²) in [4.78, 5) is 24.6. The second-order valence-electron chi connectivity index (χ2n) is 22.1. The van der Waals surface area contributed by atoms with Gasteiger partial charge < -0.3 is 20.3 Å². The Labute approximate surface area is 438 Å². The Hall–Kier alpha value is -1.40. The molecule has 0 aliphatic rings. The van der Waals surface area contributed by atoms with E-state index < -0.39 is 12.1 Å². The van der Waals surface area contributed by atoms with Crippen molar-refractivity contribution >= 4 is 11.9 Å². The van der Waals surface area contributed by atoms with Crippen LogP contribution >= 0.6 is 0 Å². The topological polar surface area (TPSA) is 95.9 Å². The molecule has 416 valence electrons. The zero-order valence-electron chi connectivity index (χ0n) is 47.5. The summed E-state index contributed by atoms with van der Waals surface area (Å²) in [5, 5.41) is 23.3. The van der Waals surface area contributed by atoms with Gasteiger partial charge in [0.15, 0.2) is 0 Å². The Kier molecular flexibility index (Phi) is 59.0. The molecule has 0 spiro atoms. The van der Waals surface area contributed by atoms with Crippen LogP contribution in [-0.4, -0.2) is 47.4 Å². The van der Waals surface area contributed by atoms with E-state index in [0.29, 0.717) is 25.9 Å². The molecule has 0 saturated heterocycles. The minimum absolute atomic E-state index is 0.00395. The molecule has 6 heteroatoms. The Morgan fingerprint density at radius 2 is 0.671 bits per heavy atom. The van der Waals surface area contributed by atoms with Gasteiger partial charge in [0.05, 0.1) is 25.4 Å². The molecule has 2 atom stereocenters. The molecule has 3 N–H and O–H groups in total. The van der Waals surface area contributed by atoms with Crippen molar-refractivity contribution < 1.29 is 24.5 Å². The zero-order chi connectivity index (χ0) is 50.7. The van der Waals surface area contributed by atoms with Crippen LogP contribution in [0.2, 0.25) is 0 Å². The van der Waals surface area contributed by atoms with Gasteiger partial charge in [0.2, 0.25) is 5.91 Å². The number of aliphatic hydroxyl groups is 2. The highest BCUT2D eigenvalue weighted by Crippen LogP contribution is 2.18. The Balaban J connectivity index is 3.42. The summed E-state index contributed by atoms with van der Waals surface area (Å²) in [5.41, 5.74) is 0. The number of ether oxygens (including phenoxy) is 1. The first-order valence-electron chi connectivity index (χ1n) is 31.9. The molecule has 0 aromatic heterocycles. The number of esters is 1. The first-order chi connectivity index (χ1) is 34.5. The van der Waals surface area contributed by atoms with Gasteiger partial charge in [-0.3, -0.25) is 9.59 Å². The van der Waals surface area contributed by atoms with Crippen LogP contribution in [0.3, 0.4) is 0 Å². The molecule has 0 bridgehead atoms. The van der Waals surface area contributed by atoms with Gasteiger partial charge in [0, 0.05) is 12.8 Å². The van der Waals surface area contributed by atoms with Crippen molar-refractivity contribution in [2.45, 2.75) is 373 Å². The predicted molar refractivity (Wildman–Crippen MR) is 306 cm³/mol. The molecular weight excluding hydrogens is 863 g/mol. The van der Waals surface area contributed by atoms with Crippen LogP contribution in [0.5, 0.6) is 0 Å². The Morgan fingerprint density at radius 1 is 0.386 bits per heavy atom. The monoisotopic (exact) mass is 988 g/mol. The SMILES string of the molecule is CCCCCCCCCCCCCCCCCCCCCC(=O)OCCCCCCCC/C=C\CCCCCCCCCC(=O)NC(CO)C(O)CCCCCCCCCCCCCCCCCCC. The molecule has 1 amide bonds. The molecular formula is C64H125NO5. The number of unbranched alkanes of at least 4 members (excludes halogenated alkanes) is 47. The van der Waals surface area contributed by atoms with Gasteiger partial charge in [-0.2, -0.15) is 0 Å². The number of nitrogens with one attached hydrogen (secondary N) is 1. The number of amides is 1. The summed E-state index contributed by atoms with van der Waals surface area (Å²) in [7, 11) is 0. The lowest BCUT2D eigenvalue weighted by molar-refractivity contribution is -0.143. The number of rotatable bonds is 60. The molecule has 2 unspecified atom stereocenters. The fourth-order valence-corrected chi connectivity index (χ4v) is 10.2. The largest absolute Gasteiger partial charge is 0.466 e. The van der Waals surface area contributed by atoms with E-state index >= 15 is 0 Å². The van der Waals surface area contributed by atoms with E-state index in [2.05, 4.69) is 31.3 Å². The van der Waals surface area contributed by atoms with Crippen molar-refractivity contribution in [3.05, 3.63) is 12.2 Å². The van der Waals surface area contributed by atoms with Gasteiger partial charge in [-0.05, 0) is 51.4 Å². The van der Waals surface area contributed by atoms with Crippen molar-refractivity contribution in [3.8, 4) is 0 Å². The van der Waals surface area contributed by atoms with Crippen LogP contribution in [-0.2, 0) is 14.3 Å². The van der Waals surface area contributed by atoms with Crippen LogP contribution in [0.4, 0.5) is 0 Å². The van der Waals surface area contributed by atoms with Crippen LogP contribution in [0.15, 0.2) is 12.2 Å². The molecule has 0 aromatic carbocycles. The van der Waals surface area contributed by atoms with E-state index in [4.69, 9.17) is 4.74 Å². The third kappa shape index (κ3) is 55.9. The lowest BCUT2D eigenvalue weighted by Gasteiger charge is -2.22. The number of aliphatic hydroxyl groups excluding tert-OH is 2. The standard InChI is InChI=1S/C64H125NO5/c1-3-5-7-9-11-13-15-17-19-21-22-26-30-34-38-42-46-50-54-58-64(69)70-59-55-51-47-43-39-35-31-27-23-25-29-33-37-41-45-49-53-57-63(68)65-61(60-66)62(67)56-52-48-44-40-36-32-28-24-20-18-16-14-12-10-8-6-4-2/h23,27,61-62,66-67H,3-22,24-26,28-60H2,1-2H3,(H,65,68)/b27-23-. The maximum absolute atomic E-state index is 12.5. The number of hydrogen-bond donors (Lipinski definition) is 3. The van der Waals surface area contributed by atoms with Crippen molar-refractivity contribution in [2.24, 2.45) is 0 Å². The van der Waals surface area contributed by atoms with Crippen molar-refractivity contribution in [1.82, 2.24) is 5.32 Å². The fourth-order valence-electron chi connectivity index (χ4n) is 10.2. The van der Waals surface area contributed by atoms with Crippen molar-refractivity contribution in [3.63, 3.8) is 0 Å². The molecule has 0 radical (unpaired) electrons. The third-order valence-corrected chi connectivity index (χ3v) is 15.1. The van der Waals surface area contributed by atoms with Crippen LogP contribution in [0.25, 0.3) is 0 Å². The van der Waals surface area contributed by atoms with E-state index in [1.807, 2.05) is 0 Å². The maximum Gasteiger partial charge on any atom is 0.305 e. The predicted octanol–water partition coefficient (Wildman–Crippen LogP) is 20.0. The normalized spacial score (nSPS) is 12.6. The van der Waals surface area contributed by atoms with E-state index in [0.717, 1.165) is 51.4 Å². The minimum atomic E-state index is -0.672. The van der Waals surface area contributed by atoms with E-state index in [1.54, 1.807) is 0 Å². The van der Waals surface area contributed by atoms with Gasteiger partial charge in [0.25, 0.3) is 0 Å². The van der Waals surface area contributed by atoms with E-state index in [9.17, 15) is 19.8 Å². The van der Waals surface area contributed by atoms with Crippen LogP contribution in [0.1, 0.15) is 361 Å². The second-order valence-corrected chi connectivity index (χ2v) is 22.1. The van der Waals surface area contributed by atoms with Gasteiger partial charge >= 0.3 is 5.97 Å². The number of allylic oxidation sites excluding steroid dienone is 2. The average molecular weight is 989 g/mol. The quantitative estimate of drug-likeness (QED) is 0.0321. The van der Waals surface area contributed by atoms with Gasteiger partial charge in [-0.15, -0.1) is 0 Å². The maximum atomic E-state index is 12.5. The number of carbonyl (C=O) groups is 2.